The van der Waals surface area contributed by atoms with Crippen LogP contribution in [-0.2, 0) is 20.8 Å². The summed E-state index contributed by atoms with van der Waals surface area (Å²) in [6.45, 7) is -0.882. The van der Waals surface area contributed by atoms with Gasteiger partial charge in [0.15, 0.2) is 29.1 Å². The van der Waals surface area contributed by atoms with Crippen molar-refractivity contribution in [3.8, 4) is 23.0 Å². The molecule has 1 aliphatic rings. The number of carbonyl (C=O) groups is 3. The lowest BCUT2D eigenvalue weighted by atomic mass is 10.0. The molecular formula is C30H32F4N4O8. The van der Waals surface area contributed by atoms with Crippen LogP contribution >= 0.6 is 0 Å². The molecule has 1 fully saturated rings. The lowest BCUT2D eigenvalue weighted by Gasteiger charge is -2.32. The van der Waals surface area contributed by atoms with Crippen LogP contribution in [0.2, 0.25) is 0 Å². The molecule has 1 aromatic heterocycles. The van der Waals surface area contributed by atoms with Gasteiger partial charge in [0, 0.05) is 36.7 Å². The zero-order valence-corrected chi connectivity index (χ0v) is 24.6. The van der Waals surface area contributed by atoms with Crippen LogP contribution in [0.1, 0.15) is 54.1 Å². The number of ether oxygens (including phenoxy) is 4. The third kappa shape index (κ3) is 9.17. The van der Waals surface area contributed by atoms with Crippen molar-refractivity contribution in [1.82, 2.24) is 15.6 Å². The Kier molecular flexibility index (Phi) is 11.9. The number of amides is 2. The number of oxazole rings is 1. The van der Waals surface area contributed by atoms with E-state index in [-0.39, 0.29) is 65.6 Å². The van der Waals surface area contributed by atoms with E-state index in [1.54, 1.807) is 0 Å². The van der Waals surface area contributed by atoms with Crippen molar-refractivity contribution >= 4 is 18.3 Å². The van der Waals surface area contributed by atoms with Crippen LogP contribution in [0.3, 0.4) is 0 Å². The number of nitrogens with one attached hydrogen (secondary N) is 2. The minimum absolute atomic E-state index is 0.0154. The Morgan fingerprint density at radius 3 is 2.65 bits per heavy atom. The molecule has 46 heavy (non-hydrogen) atoms. The first kappa shape index (κ1) is 34.2. The van der Waals surface area contributed by atoms with Crippen molar-refractivity contribution in [3.63, 3.8) is 0 Å². The molecule has 2 amide bonds. The van der Waals surface area contributed by atoms with Gasteiger partial charge in [0.1, 0.15) is 24.0 Å². The average Bonchev–Trinajstić information content (AvgIpc) is 3.47. The maximum atomic E-state index is 14.1. The summed E-state index contributed by atoms with van der Waals surface area (Å²) in [7, 11) is 0. The molecule has 16 heteroatoms. The summed E-state index contributed by atoms with van der Waals surface area (Å²) in [5, 5.41) is 5.71. The van der Waals surface area contributed by atoms with E-state index in [1.807, 2.05) is 0 Å². The maximum Gasteiger partial charge on any atom is 0.405 e. The first-order valence-corrected chi connectivity index (χ1v) is 14.2. The maximum absolute atomic E-state index is 14.1. The van der Waals surface area contributed by atoms with Crippen LogP contribution < -0.4 is 25.8 Å². The van der Waals surface area contributed by atoms with Gasteiger partial charge in [-0.3, -0.25) is 4.79 Å². The predicted octanol–water partition coefficient (Wildman–Crippen LogP) is 4.41. The van der Waals surface area contributed by atoms with Crippen molar-refractivity contribution in [2.24, 2.45) is 5.73 Å². The van der Waals surface area contributed by atoms with Crippen LogP contribution in [0.25, 0.3) is 11.5 Å². The third-order valence-corrected chi connectivity index (χ3v) is 6.88. The SMILES string of the molecule is CC(OC(N)=O)c1oc(-c2ccc(OC(F)F)c(OC(CCCC=O)C3COCCN3)c2)nc1C(=O)NCc1ccc(F)cc1F. The van der Waals surface area contributed by atoms with Gasteiger partial charge in [-0.25, -0.2) is 18.6 Å². The van der Waals surface area contributed by atoms with E-state index in [9.17, 15) is 31.9 Å². The highest BCUT2D eigenvalue weighted by Gasteiger charge is 2.30. The molecule has 3 aromatic rings. The summed E-state index contributed by atoms with van der Waals surface area (Å²) in [5.74, 6) is -3.37. The summed E-state index contributed by atoms with van der Waals surface area (Å²) in [6.07, 6.45) is -1.14. The van der Waals surface area contributed by atoms with Crippen molar-refractivity contribution < 1.29 is 55.3 Å². The van der Waals surface area contributed by atoms with Gasteiger partial charge < -0.3 is 44.5 Å². The molecule has 0 bridgehead atoms. The van der Waals surface area contributed by atoms with Crippen molar-refractivity contribution in [3.05, 3.63) is 65.1 Å². The quantitative estimate of drug-likeness (QED) is 0.122. The zero-order chi connectivity index (χ0) is 33.2. The van der Waals surface area contributed by atoms with Gasteiger partial charge in [-0.05, 0) is 44.0 Å². The minimum atomic E-state index is -3.18. The van der Waals surface area contributed by atoms with Gasteiger partial charge in [-0.2, -0.15) is 8.78 Å². The number of aldehydes is 1. The molecule has 4 rings (SSSR count). The molecule has 248 valence electrons. The van der Waals surface area contributed by atoms with Crippen molar-refractivity contribution in [2.45, 2.75) is 57.6 Å². The van der Waals surface area contributed by atoms with Gasteiger partial charge in [0.05, 0.1) is 19.3 Å². The minimum Gasteiger partial charge on any atom is -0.485 e. The van der Waals surface area contributed by atoms with E-state index < -0.39 is 42.5 Å². The van der Waals surface area contributed by atoms with E-state index in [0.717, 1.165) is 18.4 Å². The largest absolute Gasteiger partial charge is 0.485 e. The van der Waals surface area contributed by atoms with Gasteiger partial charge in [0.25, 0.3) is 5.91 Å². The van der Waals surface area contributed by atoms with Crippen LogP contribution in [-0.4, -0.2) is 61.8 Å². The smallest absolute Gasteiger partial charge is 0.405 e. The Bertz CT molecular complexity index is 1520. The number of alkyl halides is 2. The van der Waals surface area contributed by atoms with Gasteiger partial charge >= 0.3 is 12.7 Å². The average molecular weight is 653 g/mol. The Balaban J connectivity index is 1.68. The van der Waals surface area contributed by atoms with Gasteiger partial charge in [0.2, 0.25) is 5.89 Å². The first-order chi connectivity index (χ1) is 22.0. The lowest BCUT2D eigenvalue weighted by molar-refractivity contribution is -0.108. The summed E-state index contributed by atoms with van der Waals surface area (Å²) >= 11 is 0. The fourth-order valence-corrected chi connectivity index (χ4v) is 4.70. The molecule has 12 nitrogen and oxygen atoms in total. The molecule has 2 aromatic carbocycles. The molecule has 1 aliphatic heterocycles. The molecule has 2 heterocycles. The molecule has 0 spiro atoms. The fourth-order valence-electron chi connectivity index (χ4n) is 4.70. The number of rotatable bonds is 15. The molecular weight excluding hydrogens is 620 g/mol. The first-order valence-electron chi connectivity index (χ1n) is 14.2. The Hall–Kier alpha value is -4.70. The molecule has 3 unspecified atom stereocenters. The number of hydrogen-bond acceptors (Lipinski definition) is 10. The second-order valence-electron chi connectivity index (χ2n) is 10.2. The number of morpholine rings is 1. The van der Waals surface area contributed by atoms with Crippen LogP contribution in [0.5, 0.6) is 11.5 Å². The number of carbonyl (C=O) groups excluding carboxylic acids is 3. The predicted molar refractivity (Wildman–Crippen MR) is 152 cm³/mol. The monoisotopic (exact) mass is 652 g/mol. The highest BCUT2D eigenvalue weighted by Crippen LogP contribution is 2.37. The normalized spacial score (nSPS) is 16.0. The number of primary amides is 1. The standard InChI is InChI=1S/C30H32F4N4O8/c1-16(43-30(35)41)26-25(27(40)37-14-18-5-7-19(31)13-20(18)32)38-28(46-26)17-6-8-23(45-29(33)34)24(12-17)44-22(4-2-3-10-39)21-15-42-11-9-36-21/h5-8,10,12-13,16,21-22,29,36H,2-4,9,11,14-15H2,1H3,(H2,35,41)(H,37,40). The Morgan fingerprint density at radius 2 is 1.98 bits per heavy atom. The molecule has 0 aliphatic carbocycles. The topological polar surface area (TPSA) is 164 Å². The van der Waals surface area contributed by atoms with E-state index in [2.05, 4.69) is 20.4 Å². The summed E-state index contributed by atoms with van der Waals surface area (Å²) in [6, 6.07) is 6.37. The third-order valence-electron chi connectivity index (χ3n) is 6.88. The molecule has 1 saturated heterocycles. The molecule has 4 N–H and O–H groups in total. The number of hydrogen-bond donors (Lipinski definition) is 3. The molecule has 0 saturated carbocycles. The van der Waals surface area contributed by atoms with E-state index >= 15 is 0 Å². The van der Waals surface area contributed by atoms with Crippen LogP contribution in [0, 0.1) is 11.6 Å². The number of halogens is 4. The van der Waals surface area contributed by atoms with Gasteiger partial charge in [-0.15, -0.1) is 0 Å². The van der Waals surface area contributed by atoms with E-state index in [1.165, 1.54) is 25.1 Å². The van der Waals surface area contributed by atoms with Crippen LogP contribution in [0.4, 0.5) is 22.4 Å². The number of unbranched alkanes of at least 4 members (excludes halogenated alkanes) is 1. The number of benzene rings is 2. The van der Waals surface area contributed by atoms with E-state index in [0.29, 0.717) is 32.1 Å². The Morgan fingerprint density at radius 1 is 1.17 bits per heavy atom. The lowest BCUT2D eigenvalue weighted by Crippen LogP contribution is -2.50. The number of nitrogens with zero attached hydrogens (tertiary/aromatic N) is 1. The van der Waals surface area contributed by atoms with Crippen molar-refractivity contribution in [1.29, 1.82) is 0 Å². The zero-order valence-electron chi connectivity index (χ0n) is 24.6. The second-order valence-corrected chi connectivity index (χ2v) is 10.2. The fraction of sp³-hybridized carbons (Fsp3) is 0.400. The molecule has 3 atom stereocenters. The summed E-state index contributed by atoms with van der Waals surface area (Å²) in [4.78, 5) is 39.8. The highest BCUT2D eigenvalue weighted by atomic mass is 19.3. The van der Waals surface area contributed by atoms with Gasteiger partial charge in [-0.1, -0.05) is 6.07 Å². The van der Waals surface area contributed by atoms with Crippen molar-refractivity contribution in [2.75, 3.05) is 19.8 Å². The summed E-state index contributed by atoms with van der Waals surface area (Å²) in [5.41, 5.74) is 4.94. The van der Waals surface area contributed by atoms with E-state index in [4.69, 9.17) is 24.4 Å². The second kappa shape index (κ2) is 16.0. The highest BCUT2D eigenvalue weighted by molar-refractivity contribution is 5.94. The number of aromatic nitrogens is 1. The van der Waals surface area contributed by atoms with Crippen LogP contribution in [0.15, 0.2) is 40.8 Å². The Labute approximate surface area is 260 Å². The number of nitrogens with two attached hydrogens (primary N) is 1. The molecule has 0 radical (unpaired) electrons. The summed E-state index contributed by atoms with van der Waals surface area (Å²) < 4.78 is 81.3.